The van der Waals surface area contributed by atoms with E-state index in [9.17, 15) is 9.18 Å². The second-order valence-corrected chi connectivity index (χ2v) is 6.77. The smallest absolute Gasteiger partial charge is 0.204 e. The average Bonchev–Trinajstić information content (AvgIpc) is 3.11. The SMILES string of the molecule is O=C(c1cc2cc(F)ccc2s1)c1cccc2ccsc12. The number of carbonyl (C=O) groups is 1. The van der Waals surface area contributed by atoms with Gasteiger partial charge in [0.25, 0.3) is 0 Å². The molecule has 0 N–H and O–H groups in total. The van der Waals surface area contributed by atoms with Crippen LogP contribution in [0.3, 0.4) is 0 Å². The van der Waals surface area contributed by atoms with Crippen LogP contribution in [0.15, 0.2) is 53.9 Å². The number of rotatable bonds is 2. The molecule has 0 spiro atoms. The molecule has 4 aromatic rings. The lowest BCUT2D eigenvalue weighted by Gasteiger charge is -1.99. The number of benzene rings is 2. The molecule has 2 aromatic heterocycles. The predicted molar refractivity (Wildman–Crippen MR) is 87.0 cm³/mol. The Bertz CT molecular complexity index is 981. The number of fused-ring (bicyclic) bond motifs is 2. The van der Waals surface area contributed by atoms with Crippen LogP contribution >= 0.6 is 22.7 Å². The van der Waals surface area contributed by atoms with Crippen LogP contribution in [0.25, 0.3) is 20.2 Å². The number of halogens is 1. The van der Waals surface area contributed by atoms with Crippen molar-refractivity contribution in [3.8, 4) is 0 Å². The third-order valence-corrected chi connectivity index (χ3v) is 5.50. The van der Waals surface area contributed by atoms with Gasteiger partial charge in [-0.3, -0.25) is 4.79 Å². The fourth-order valence-electron chi connectivity index (χ4n) is 2.43. The van der Waals surface area contributed by atoms with Crippen molar-refractivity contribution in [2.75, 3.05) is 0 Å². The summed E-state index contributed by atoms with van der Waals surface area (Å²) in [6, 6.07) is 14.2. The van der Waals surface area contributed by atoms with Crippen molar-refractivity contribution in [3.63, 3.8) is 0 Å². The molecule has 0 saturated carbocycles. The van der Waals surface area contributed by atoms with E-state index in [0.717, 1.165) is 25.7 Å². The summed E-state index contributed by atoms with van der Waals surface area (Å²) in [5.74, 6) is -0.274. The van der Waals surface area contributed by atoms with Gasteiger partial charge >= 0.3 is 0 Å². The Kier molecular flexibility index (Phi) is 2.87. The summed E-state index contributed by atoms with van der Waals surface area (Å²) in [6.07, 6.45) is 0. The molecule has 0 fully saturated rings. The largest absolute Gasteiger partial charge is 0.288 e. The summed E-state index contributed by atoms with van der Waals surface area (Å²) in [5, 5.41) is 3.85. The molecule has 4 heteroatoms. The molecular formula is C17H9FOS2. The summed E-state index contributed by atoms with van der Waals surface area (Å²) in [4.78, 5) is 13.4. The Labute approximate surface area is 128 Å². The zero-order valence-corrected chi connectivity index (χ0v) is 12.4. The molecule has 0 unspecified atom stereocenters. The van der Waals surface area contributed by atoms with E-state index in [-0.39, 0.29) is 11.6 Å². The van der Waals surface area contributed by atoms with Crippen LogP contribution in [0, 0.1) is 5.82 Å². The molecule has 0 aliphatic heterocycles. The summed E-state index contributed by atoms with van der Waals surface area (Å²) in [6.45, 7) is 0. The molecule has 0 radical (unpaired) electrons. The van der Waals surface area contributed by atoms with E-state index in [1.54, 1.807) is 23.5 Å². The molecule has 0 saturated heterocycles. The summed E-state index contributed by atoms with van der Waals surface area (Å²) in [5.41, 5.74) is 0.717. The van der Waals surface area contributed by atoms with Gasteiger partial charge in [-0.05, 0) is 52.6 Å². The molecule has 0 aliphatic rings. The number of hydrogen-bond donors (Lipinski definition) is 0. The predicted octanol–water partition coefficient (Wildman–Crippen LogP) is 5.49. The highest BCUT2D eigenvalue weighted by Gasteiger charge is 2.16. The maximum atomic E-state index is 13.3. The van der Waals surface area contributed by atoms with Crippen molar-refractivity contribution in [2.45, 2.75) is 0 Å². The molecular weight excluding hydrogens is 303 g/mol. The zero-order chi connectivity index (χ0) is 14.4. The molecule has 2 heterocycles. The molecule has 1 nitrogen and oxygen atoms in total. The van der Waals surface area contributed by atoms with Crippen LogP contribution in [0.4, 0.5) is 4.39 Å². The Morgan fingerprint density at radius 2 is 1.90 bits per heavy atom. The van der Waals surface area contributed by atoms with Gasteiger partial charge in [-0.25, -0.2) is 4.39 Å². The third-order valence-electron chi connectivity index (χ3n) is 3.43. The first-order valence-corrected chi connectivity index (χ1v) is 8.12. The first-order chi connectivity index (χ1) is 10.2. The fourth-order valence-corrected chi connectivity index (χ4v) is 4.34. The molecule has 4 rings (SSSR count). The zero-order valence-electron chi connectivity index (χ0n) is 10.8. The lowest BCUT2D eigenvalue weighted by molar-refractivity contribution is 0.104. The summed E-state index contributed by atoms with van der Waals surface area (Å²) in [7, 11) is 0. The van der Waals surface area contributed by atoms with Crippen molar-refractivity contribution in [1.82, 2.24) is 0 Å². The van der Waals surface area contributed by atoms with Gasteiger partial charge in [-0.1, -0.05) is 12.1 Å². The first kappa shape index (κ1) is 12.7. The topological polar surface area (TPSA) is 17.1 Å². The standard InChI is InChI=1S/C17H9FOS2/c18-12-4-5-14-11(8-12)9-15(21-14)16(19)13-3-1-2-10-6-7-20-17(10)13/h1-9H. The first-order valence-electron chi connectivity index (χ1n) is 6.42. The van der Waals surface area contributed by atoms with E-state index in [1.165, 1.54) is 23.5 Å². The summed E-state index contributed by atoms with van der Waals surface area (Å²) >= 11 is 2.98. The van der Waals surface area contributed by atoms with Crippen LogP contribution in [0.5, 0.6) is 0 Å². The van der Waals surface area contributed by atoms with E-state index >= 15 is 0 Å². The van der Waals surface area contributed by atoms with Gasteiger partial charge in [-0.2, -0.15) is 0 Å². The van der Waals surface area contributed by atoms with Gasteiger partial charge in [0.2, 0.25) is 5.78 Å². The van der Waals surface area contributed by atoms with E-state index in [4.69, 9.17) is 0 Å². The summed E-state index contributed by atoms with van der Waals surface area (Å²) < 4.78 is 15.2. The maximum Gasteiger partial charge on any atom is 0.204 e. The minimum Gasteiger partial charge on any atom is -0.288 e. The van der Waals surface area contributed by atoms with Crippen molar-refractivity contribution in [3.05, 3.63) is 70.2 Å². The Hall–Kier alpha value is -2.04. The second kappa shape index (κ2) is 4.76. The second-order valence-electron chi connectivity index (χ2n) is 4.77. The molecule has 102 valence electrons. The van der Waals surface area contributed by atoms with Gasteiger partial charge in [-0.15, -0.1) is 22.7 Å². The van der Waals surface area contributed by atoms with Crippen molar-refractivity contribution >= 4 is 48.6 Å². The number of hydrogen-bond acceptors (Lipinski definition) is 3. The van der Waals surface area contributed by atoms with Crippen molar-refractivity contribution < 1.29 is 9.18 Å². The Balaban J connectivity index is 1.87. The molecule has 0 amide bonds. The number of carbonyl (C=O) groups excluding carboxylic acids is 1. The van der Waals surface area contributed by atoms with Gasteiger partial charge < -0.3 is 0 Å². The van der Waals surface area contributed by atoms with Crippen LogP contribution in [0.2, 0.25) is 0 Å². The lowest BCUT2D eigenvalue weighted by atomic mass is 10.1. The highest BCUT2D eigenvalue weighted by atomic mass is 32.1. The lowest BCUT2D eigenvalue weighted by Crippen LogP contribution is -1.98. The quantitative estimate of drug-likeness (QED) is 0.448. The van der Waals surface area contributed by atoms with Gasteiger partial charge in [0.05, 0.1) is 4.88 Å². The van der Waals surface area contributed by atoms with Crippen molar-refractivity contribution in [2.24, 2.45) is 0 Å². The fraction of sp³-hybridized carbons (Fsp3) is 0. The molecule has 0 atom stereocenters. The molecule has 2 aromatic carbocycles. The van der Waals surface area contributed by atoms with E-state index in [0.29, 0.717) is 4.88 Å². The van der Waals surface area contributed by atoms with Crippen LogP contribution in [0.1, 0.15) is 15.2 Å². The molecule has 21 heavy (non-hydrogen) atoms. The van der Waals surface area contributed by atoms with Gasteiger partial charge in [0, 0.05) is 15.0 Å². The minimum atomic E-state index is -0.278. The van der Waals surface area contributed by atoms with Gasteiger partial charge in [0.15, 0.2) is 0 Å². The minimum absolute atomic E-state index is 0.00431. The van der Waals surface area contributed by atoms with Crippen LogP contribution in [-0.4, -0.2) is 5.78 Å². The third kappa shape index (κ3) is 2.07. The van der Waals surface area contributed by atoms with Crippen LogP contribution < -0.4 is 0 Å². The normalized spacial score (nSPS) is 11.3. The van der Waals surface area contributed by atoms with E-state index < -0.39 is 0 Å². The van der Waals surface area contributed by atoms with Crippen LogP contribution in [-0.2, 0) is 0 Å². The molecule has 0 bridgehead atoms. The molecule has 0 aliphatic carbocycles. The Morgan fingerprint density at radius 1 is 1.00 bits per heavy atom. The Morgan fingerprint density at radius 3 is 2.81 bits per heavy atom. The van der Waals surface area contributed by atoms with E-state index in [1.807, 2.05) is 29.6 Å². The highest BCUT2D eigenvalue weighted by molar-refractivity contribution is 7.21. The van der Waals surface area contributed by atoms with Crippen molar-refractivity contribution in [1.29, 1.82) is 0 Å². The maximum absolute atomic E-state index is 13.3. The average molecular weight is 312 g/mol. The number of thiophene rings is 2. The monoisotopic (exact) mass is 312 g/mol. The van der Waals surface area contributed by atoms with E-state index in [2.05, 4.69) is 0 Å². The number of ketones is 1. The van der Waals surface area contributed by atoms with Gasteiger partial charge in [0.1, 0.15) is 5.82 Å². The highest BCUT2D eigenvalue weighted by Crippen LogP contribution is 2.31.